The lowest BCUT2D eigenvalue weighted by atomic mass is 9.78. The molecule has 2 N–H and O–H groups in total. The number of nitrogens with zero attached hydrogens (tertiary/aromatic N) is 3. The third-order valence-electron chi connectivity index (χ3n) is 9.50. The first-order valence-electron chi connectivity index (χ1n) is 15.3. The topological polar surface area (TPSA) is 130 Å². The zero-order chi connectivity index (χ0) is 32.8. The Hall–Kier alpha value is -3.90. The maximum atomic E-state index is 13.3. The minimum Gasteiger partial charge on any atom is -0.497 e. The smallest absolute Gasteiger partial charge is 0.311 e. The highest BCUT2D eigenvalue weighted by Crippen LogP contribution is 2.50. The molecule has 2 aliphatic rings. The van der Waals surface area contributed by atoms with Gasteiger partial charge in [-0.15, -0.1) is 0 Å². The number of likely N-dealkylation sites (N-methyl/N-ethyl adjacent to an activating group) is 1. The summed E-state index contributed by atoms with van der Waals surface area (Å²) in [6.45, 7) is 4.28. The van der Waals surface area contributed by atoms with E-state index in [1.165, 1.54) is 45.1 Å². The monoisotopic (exact) mass is 637 g/mol. The van der Waals surface area contributed by atoms with Crippen LogP contribution in [0.4, 0.5) is 0 Å². The van der Waals surface area contributed by atoms with E-state index in [9.17, 15) is 22.8 Å². The van der Waals surface area contributed by atoms with Crippen molar-refractivity contribution in [2.75, 3.05) is 35.3 Å². The summed E-state index contributed by atoms with van der Waals surface area (Å²) in [5.74, 6) is -1.37. The molecular formula is C33H43N5O6S. The average Bonchev–Trinajstić information content (AvgIpc) is 3.28. The van der Waals surface area contributed by atoms with Crippen molar-refractivity contribution < 1.29 is 27.5 Å². The number of benzene rings is 2. The van der Waals surface area contributed by atoms with Gasteiger partial charge in [-0.2, -0.15) is 12.7 Å². The second kappa shape index (κ2) is 12.1. The van der Waals surface area contributed by atoms with Gasteiger partial charge in [0.25, 0.3) is 5.91 Å². The van der Waals surface area contributed by atoms with E-state index >= 15 is 0 Å². The van der Waals surface area contributed by atoms with Gasteiger partial charge in [0.05, 0.1) is 18.3 Å². The Morgan fingerprint density at radius 2 is 1.69 bits per heavy atom. The molecule has 2 aromatic carbocycles. The van der Waals surface area contributed by atoms with Gasteiger partial charge in [0.2, 0.25) is 0 Å². The second-order valence-corrected chi connectivity index (χ2v) is 14.8. The number of hydrogen-bond acceptors (Lipinski definition) is 6. The summed E-state index contributed by atoms with van der Waals surface area (Å²) in [6.07, 6.45) is 5.48. The fraction of sp³-hybridized carbons (Fsp3) is 0.485. The Labute approximate surface area is 265 Å². The fourth-order valence-electron chi connectivity index (χ4n) is 6.76. The highest BCUT2D eigenvalue weighted by atomic mass is 32.2. The minimum atomic E-state index is -4.00. The van der Waals surface area contributed by atoms with E-state index in [2.05, 4.69) is 20.7 Å². The van der Waals surface area contributed by atoms with Gasteiger partial charge < -0.3 is 19.5 Å². The van der Waals surface area contributed by atoms with Crippen LogP contribution in [0.3, 0.4) is 0 Å². The van der Waals surface area contributed by atoms with Crippen molar-refractivity contribution in [3.05, 3.63) is 53.1 Å². The SMILES string of the molecule is COc1ccc2c(c1)[C@H](C)[C@@](C)(NC(=O)C(=O)N(C)C)Cn1c-2c(C2CCCCC2)c2ccc(C(=O)NS(=O)(=O)N(C)C)cc21. The van der Waals surface area contributed by atoms with Crippen LogP contribution < -0.4 is 14.8 Å². The van der Waals surface area contributed by atoms with E-state index in [-0.39, 0.29) is 17.4 Å². The molecule has 5 rings (SSSR count). The number of rotatable bonds is 6. The highest BCUT2D eigenvalue weighted by Gasteiger charge is 2.42. The van der Waals surface area contributed by atoms with Crippen molar-refractivity contribution in [3.63, 3.8) is 0 Å². The average molecular weight is 638 g/mol. The predicted molar refractivity (Wildman–Crippen MR) is 173 cm³/mol. The standard InChI is InChI=1S/C33H43N5O6S/c1-20-26-18-23(44-7)14-16-24(26)29-28(21-11-9-8-10-12-21)25-15-13-22(30(39)35-45(42,43)37(5)6)17-27(25)38(29)19-33(20,2)34-31(40)32(41)36(3)4/h13-18,20-21H,8-12,19H2,1-7H3,(H,34,40)(H,35,39)/t20-,33-/m0/s1. The Balaban J connectivity index is 1.78. The molecule has 242 valence electrons. The zero-order valence-corrected chi connectivity index (χ0v) is 27.9. The largest absolute Gasteiger partial charge is 0.497 e. The van der Waals surface area contributed by atoms with Crippen molar-refractivity contribution in [3.8, 4) is 17.0 Å². The van der Waals surface area contributed by atoms with Gasteiger partial charge in [0, 0.05) is 62.7 Å². The fourth-order valence-corrected chi connectivity index (χ4v) is 7.29. The second-order valence-electron chi connectivity index (χ2n) is 12.9. The molecule has 1 fully saturated rings. The molecule has 11 nitrogen and oxygen atoms in total. The predicted octanol–water partition coefficient (Wildman–Crippen LogP) is 3.98. The summed E-state index contributed by atoms with van der Waals surface area (Å²) in [5, 5.41) is 4.05. The molecule has 0 radical (unpaired) electrons. The van der Waals surface area contributed by atoms with E-state index < -0.39 is 33.5 Å². The lowest BCUT2D eigenvalue weighted by molar-refractivity contribution is -0.145. The van der Waals surface area contributed by atoms with Gasteiger partial charge in [-0.1, -0.05) is 32.3 Å². The first-order valence-corrected chi connectivity index (χ1v) is 16.8. The van der Waals surface area contributed by atoms with Gasteiger partial charge in [-0.05, 0) is 67.1 Å². The first kappa shape index (κ1) is 32.5. The van der Waals surface area contributed by atoms with Gasteiger partial charge >= 0.3 is 22.0 Å². The van der Waals surface area contributed by atoms with Crippen molar-refractivity contribution >= 4 is 38.8 Å². The number of ether oxygens (including phenoxy) is 1. The third-order valence-corrected chi connectivity index (χ3v) is 10.9. The molecule has 1 aromatic heterocycles. The number of carbonyl (C=O) groups excluding carboxylic acids is 3. The lowest BCUT2D eigenvalue weighted by Gasteiger charge is -2.36. The number of methoxy groups -OCH3 is 1. The van der Waals surface area contributed by atoms with Crippen LogP contribution in [0.15, 0.2) is 36.4 Å². The Morgan fingerprint density at radius 1 is 1.00 bits per heavy atom. The molecule has 1 aliphatic carbocycles. The maximum Gasteiger partial charge on any atom is 0.311 e. The number of nitrogens with one attached hydrogen (secondary N) is 2. The molecular weight excluding hydrogens is 594 g/mol. The van der Waals surface area contributed by atoms with Crippen LogP contribution in [0.5, 0.6) is 5.75 Å². The molecule has 3 aromatic rings. The molecule has 12 heteroatoms. The van der Waals surface area contributed by atoms with Crippen molar-refractivity contribution in [1.82, 2.24) is 23.8 Å². The summed E-state index contributed by atoms with van der Waals surface area (Å²) in [6, 6.07) is 11.3. The Bertz CT molecular complexity index is 1770. The van der Waals surface area contributed by atoms with Crippen LogP contribution in [0.1, 0.15) is 79.3 Å². The normalized spacial score (nSPS) is 20.2. The number of aromatic nitrogens is 1. The quantitative estimate of drug-likeness (QED) is 0.394. The molecule has 45 heavy (non-hydrogen) atoms. The van der Waals surface area contributed by atoms with E-state index in [1.54, 1.807) is 19.2 Å². The van der Waals surface area contributed by atoms with Crippen molar-refractivity contribution in [2.45, 2.75) is 69.9 Å². The van der Waals surface area contributed by atoms with Gasteiger partial charge in [0.15, 0.2) is 0 Å². The van der Waals surface area contributed by atoms with E-state index in [4.69, 9.17) is 4.74 Å². The number of amides is 3. The van der Waals surface area contributed by atoms with Crippen LogP contribution in [-0.4, -0.2) is 80.8 Å². The summed E-state index contributed by atoms with van der Waals surface area (Å²) < 4.78 is 35.8. The van der Waals surface area contributed by atoms with E-state index in [1.807, 2.05) is 32.0 Å². The first-order chi connectivity index (χ1) is 21.2. The summed E-state index contributed by atoms with van der Waals surface area (Å²) in [7, 11) is 3.40. The summed E-state index contributed by atoms with van der Waals surface area (Å²) in [4.78, 5) is 40.5. The Morgan fingerprint density at radius 3 is 2.31 bits per heavy atom. The van der Waals surface area contributed by atoms with E-state index in [0.717, 1.165) is 57.7 Å². The minimum absolute atomic E-state index is 0.198. The van der Waals surface area contributed by atoms with Crippen LogP contribution >= 0.6 is 0 Å². The van der Waals surface area contributed by atoms with Crippen LogP contribution in [0, 0.1) is 0 Å². The lowest BCUT2D eigenvalue weighted by Crippen LogP contribution is -2.55. The van der Waals surface area contributed by atoms with Crippen molar-refractivity contribution in [1.29, 1.82) is 0 Å². The molecule has 0 bridgehead atoms. The maximum absolute atomic E-state index is 13.3. The van der Waals surface area contributed by atoms with Gasteiger partial charge in [-0.3, -0.25) is 14.4 Å². The third kappa shape index (κ3) is 5.93. The number of fused-ring (bicyclic) bond motifs is 5. The molecule has 1 saturated carbocycles. The molecule has 0 spiro atoms. The Kier molecular flexibility index (Phi) is 8.76. The zero-order valence-electron chi connectivity index (χ0n) is 27.1. The van der Waals surface area contributed by atoms with Crippen LogP contribution in [-0.2, 0) is 26.3 Å². The molecule has 0 saturated heterocycles. The van der Waals surface area contributed by atoms with Gasteiger partial charge in [-0.25, -0.2) is 4.72 Å². The summed E-state index contributed by atoms with van der Waals surface area (Å²) >= 11 is 0. The molecule has 1 aliphatic heterocycles. The van der Waals surface area contributed by atoms with Crippen LogP contribution in [0.2, 0.25) is 0 Å². The summed E-state index contributed by atoms with van der Waals surface area (Å²) in [5.41, 5.74) is 4.20. The van der Waals surface area contributed by atoms with Crippen LogP contribution in [0.25, 0.3) is 22.2 Å². The molecule has 3 amide bonds. The highest BCUT2D eigenvalue weighted by molar-refractivity contribution is 7.87. The van der Waals surface area contributed by atoms with Gasteiger partial charge in [0.1, 0.15) is 5.75 Å². The van der Waals surface area contributed by atoms with E-state index in [0.29, 0.717) is 12.3 Å². The molecule has 2 atom stereocenters. The van der Waals surface area contributed by atoms with Crippen molar-refractivity contribution in [2.24, 2.45) is 0 Å². The molecule has 0 unspecified atom stereocenters. The number of hydrogen-bond donors (Lipinski definition) is 2. The molecule has 2 heterocycles. The number of carbonyl (C=O) groups is 3.